The molecule has 0 saturated carbocycles. The topological polar surface area (TPSA) is 88.1 Å². The average molecular weight is 565 g/mol. The normalized spacial score (nSPS) is 10.6. The van der Waals surface area contributed by atoms with Crippen molar-refractivity contribution < 1.29 is 4.74 Å². The Labute approximate surface area is 184 Å². The Morgan fingerprint density at radius 1 is 1.04 bits per heavy atom. The number of fused-ring (bicyclic) bond motifs is 1. The van der Waals surface area contributed by atoms with Crippen molar-refractivity contribution in [3.05, 3.63) is 67.8 Å². The first kappa shape index (κ1) is 18.9. The molecular weight excluding hydrogens is 556 g/mol. The summed E-state index contributed by atoms with van der Waals surface area (Å²) in [7, 11) is 0. The molecule has 0 unspecified atom stereocenters. The Bertz CT molecular complexity index is 1190. The summed E-state index contributed by atoms with van der Waals surface area (Å²) < 4.78 is 10.0. The fraction of sp³-hybridized carbons (Fsp3) is 0. The van der Waals surface area contributed by atoms with Gasteiger partial charge in [-0.15, -0.1) is 0 Å². The summed E-state index contributed by atoms with van der Waals surface area (Å²) in [6.07, 6.45) is 1.41. The van der Waals surface area contributed by atoms with Crippen molar-refractivity contribution in [2.75, 3.05) is 5.32 Å². The molecular formula is C18H9Br3N6O. The predicted molar refractivity (Wildman–Crippen MR) is 115 cm³/mol. The lowest BCUT2D eigenvalue weighted by molar-refractivity contribution is 0.441. The second kappa shape index (κ2) is 7.87. The van der Waals surface area contributed by atoms with Gasteiger partial charge in [0, 0.05) is 16.2 Å². The number of anilines is 2. The fourth-order valence-electron chi connectivity index (χ4n) is 2.43. The fourth-order valence-corrected chi connectivity index (χ4v) is 4.85. The van der Waals surface area contributed by atoms with E-state index in [2.05, 4.69) is 74.2 Å². The van der Waals surface area contributed by atoms with Crippen LogP contribution in [0.25, 0.3) is 5.78 Å². The van der Waals surface area contributed by atoms with Crippen molar-refractivity contribution in [1.82, 2.24) is 19.6 Å². The van der Waals surface area contributed by atoms with Gasteiger partial charge in [-0.3, -0.25) is 0 Å². The molecule has 0 fully saturated rings. The zero-order chi connectivity index (χ0) is 19.7. The van der Waals surface area contributed by atoms with Crippen LogP contribution in [0, 0.1) is 11.3 Å². The Hall–Kier alpha value is -2.48. The molecule has 4 aromatic rings. The highest BCUT2D eigenvalue weighted by molar-refractivity contribution is 9.11. The summed E-state index contributed by atoms with van der Waals surface area (Å²) >= 11 is 10.5. The Morgan fingerprint density at radius 3 is 2.43 bits per heavy atom. The number of benzene rings is 2. The van der Waals surface area contributed by atoms with Crippen LogP contribution in [0.2, 0.25) is 0 Å². The van der Waals surface area contributed by atoms with Crippen LogP contribution in [0.1, 0.15) is 5.56 Å². The third kappa shape index (κ3) is 3.87. The molecule has 0 radical (unpaired) electrons. The van der Waals surface area contributed by atoms with Gasteiger partial charge in [0.1, 0.15) is 12.1 Å². The highest BCUT2D eigenvalue weighted by Gasteiger charge is 2.14. The van der Waals surface area contributed by atoms with E-state index in [1.54, 1.807) is 30.3 Å². The van der Waals surface area contributed by atoms with Crippen LogP contribution >= 0.6 is 47.8 Å². The van der Waals surface area contributed by atoms with Crippen molar-refractivity contribution in [2.24, 2.45) is 0 Å². The van der Waals surface area contributed by atoms with E-state index in [1.807, 2.05) is 12.1 Å². The molecule has 7 nitrogen and oxygen atoms in total. The van der Waals surface area contributed by atoms with E-state index >= 15 is 0 Å². The van der Waals surface area contributed by atoms with Crippen LogP contribution in [-0.4, -0.2) is 19.6 Å². The number of halogens is 3. The quantitative estimate of drug-likeness (QED) is 0.336. The first-order valence-corrected chi connectivity index (χ1v) is 10.2. The van der Waals surface area contributed by atoms with Gasteiger partial charge < -0.3 is 10.1 Å². The second-order valence-corrected chi connectivity index (χ2v) is 8.19. The van der Waals surface area contributed by atoms with Crippen molar-refractivity contribution in [2.45, 2.75) is 0 Å². The molecule has 1 N–H and O–H groups in total. The highest BCUT2D eigenvalue weighted by Crippen LogP contribution is 2.39. The molecule has 138 valence electrons. The lowest BCUT2D eigenvalue weighted by Gasteiger charge is -2.13. The standard InChI is InChI=1S/C18H9Br3N6O/c19-11-5-13(20)17(14(21)6-11)28-16-7-15(26-18-23-9-24-27(16)18)25-12-3-1-10(8-22)2-4-12/h1-7,9H,(H,23,24,25,26). The summed E-state index contributed by atoms with van der Waals surface area (Å²) in [6, 6.07) is 14.6. The molecule has 28 heavy (non-hydrogen) atoms. The van der Waals surface area contributed by atoms with Crippen LogP contribution in [0.15, 0.2) is 62.2 Å². The largest absolute Gasteiger partial charge is 0.436 e. The van der Waals surface area contributed by atoms with Crippen LogP contribution in [0.3, 0.4) is 0 Å². The molecule has 10 heteroatoms. The van der Waals surface area contributed by atoms with Gasteiger partial charge in [-0.25, -0.2) is 0 Å². The van der Waals surface area contributed by atoms with E-state index in [9.17, 15) is 0 Å². The Balaban J connectivity index is 1.72. The Morgan fingerprint density at radius 2 is 1.75 bits per heavy atom. The minimum absolute atomic E-state index is 0.387. The van der Waals surface area contributed by atoms with E-state index in [0.717, 1.165) is 19.1 Å². The number of hydrogen-bond acceptors (Lipinski definition) is 6. The lowest BCUT2D eigenvalue weighted by atomic mass is 10.2. The number of nitrogens with one attached hydrogen (secondary N) is 1. The zero-order valence-electron chi connectivity index (χ0n) is 13.9. The van der Waals surface area contributed by atoms with Gasteiger partial charge >= 0.3 is 0 Å². The lowest BCUT2D eigenvalue weighted by Crippen LogP contribution is -2.02. The predicted octanol–water partition coefficient (Wildman–Crippen LogP) is 5.82. The van der Waals surface area contributed by atoms with E-state index < -0.39 is 0 Å². The van der Waals surface area contributed by atoms with Crippen molar-refractivity contribution >= 4 is 65.1 Å². The summed E-state index contributed by atoms with van der Waals surface area (Å²) in [6.45, 7) is 0. The first-order chi connectivity index (χ1) is 13.5. The molecule has 0 aliphatic rings. The van der Waals surface area contributed by atoms with Crippen LogP contribution < -0.4 is 10.1 Å². The number of aromatic nitrogens is 4. The molecule has 4 rings (SSSR count). The van der Waals surface area contributed by atoms with Crippen molar-refractivity contribution in [3.8, 4) is 17.7 Å². The van der Waals surface area contributed by atoms with Gasteiger partial charge in [0.05, 0.1) is 20.6 Å². The van der Waals surface area contributed by atoms with E-state index in [0.29, 0.717) is 28.8 Å². The SMILES string of the molecule is N#Cc1ccc(Nc2cc(Oc3c(Br)cc(Br)cc3Br)n3ncnc3n2)cc1. The molecule has 0 bridgehead atoms. The molecule has 0 amide bonds. The highest BCUT2D eigenvalue weighted by atomic mass is 79.9. The smallest absolute Gasteiger partial charge is 0.257 e. The summed E-state index contributed by atoms with van der Waals surface area (Å²) in [5.74, 6) is 1.94. The summed E-state index contributed by atoms with van der Waals surface area (Å²) in [4.78, 5) is 8.59. The van der Waals surface area contributed by atoms with Gasteiger partial charge in [0.25, 0.3) is 5.78 Å². The molecule has 0 aliphatic heterocycles. The van der Waals surface area contributed by atoms with Gasteiger partial charge in [0.15, 0.2) is 5.75 Å². The van der Waals surface area contributed by atoms with Gasteiger partial charge in [-0.1, -0.05) is 15.9 Å². The monoisotopic (exact) mass is 562 g/mol. The molecule has 0 atom stereocenters. The first-order valence-electron chi connectivity index (χ1n) is 7.84. The number of nitrogens with zero attached hydrogens (tertiary/aromatic N) is 5. The van der Waals surface area contributed by atoms with E-state index in [1.165, 1.54) is 10.8 Å². The molecule has 2 heterocycles. The average Bonchev–Trinajstić information content (AvgIpc) is 3.14. The van der Waals surface area contributed by atoms with E-state index in [4.69, 9.17) is 10.00 Å². The van der Waals surface area contributed by atoms with Gasteiger partial charge in [-0.05, 0) is 68.3 Å². The zero-order valence-corrected chi connectivity index (χ0v) is 18.7. The van der Waals surface area contributed by atoms with Gasteiger partial charge in [0.2, 0.25) is 5.88 Å². The number of hydrogen-bond donors (Lipinski definition) is 1. The molecule has 2 aromatic carbocycles. The van der Waals surface area contributed by atoms with Crippen molar-refractivity contribution in [1.29, 1.82) is 5.26 Å². The number of nitriles is 1. The van der Waals surface area contributed by atoms with Crippen LogP contribution in [0.5, 0.6) is 11.6 Å². The maximum absolute atomic E-state index is 8.92. The maximum atomic E-state index is 8.92. The van der Waals surface area contributed by atoms with Crippen molar-refractivity contribution in [3.63, 3.8) is 0 Å². The second-order valence-electron chi connectivity index (χ2n) is 5.57. The molecule has 2 aromatic heterocycles. The van der Waals surface area contributed by atoms with Crippen LogP contribution in [0.4, 0.5) is 11.5 Å². The number of ether oxygens (including phenoxy) is 1. The summed E-state index contributed by atoms with van der Waals surface area (Å²) in [5.41, 5.74) is 1.37. The minimum atomic E-state index is 0.387. The minimum Gasteiger partial charge on any atom is -0.436 e. The molecule has 0 spiro atoms. The van der Waals surface area contributed by atoms with Gasteiger partial charge in [-0.2, -0.15) is 24.8 Å². The summed E-state index contributed by atoms with van der Waals surface area (Å²) in [5, 5.41) is 16.3. The Kier molecular flexibility index (Phi) is 5.30. The third-order valence-electron chi connectivity index (χ3n) is 3.68. The number of rotatable bonds is 4. The van der Waals surface area contributed by atoms with Crippen LogP contribution in [-0.2, 0) is 0 Å². The maximum Gasteiger partial charge on any atom is 0.257 e. The molecule has 0 aliphatic carbocycles. The molecule has 0 saturated heterocycles. The third-order valence-corrected chi connectivity index (χ3v) is 5.31. The van der Waals surface area contributed by atoms with E-state index in [-0.39, 0.29) is 0 Å².